The van der Waals surface area contributed by atoms with Crippen molar-refractivity contribution in [3.63, 3.8) is 0 Å². The number of pyridine rings is 1. The SMILES string of the molecule is CNc1cc(C(=O)N2CCCN(C)CC2)ccn1. The number of amides is 1. The number of likely N-dealkylation sites (N-methyl/N-ethyl adjacent to an activating group) is 1. The molecule has 5 nitrogen and oxygen atoms in total. The van der Waals surface area contributed by atoms with Crippen LogP contribution in [0.5, 0.6) is 0 Å². The van der Waals surface area contributed by atoms with Gasteiger partial charge in [0.25, 0.3) is 5.91 Å². The molecule has 0 spiro atoms. The van der Waals surface area contributed by atoms with E-state index in [0.717, 1.165) is 38.4 Å². The molecule has 1 aromatic rings. The summed E-state index contributed by atoms with van der Waals surface area (Å²) in [5, 5.41) is 2.95. The average Bonchev–Trinajstić information content (AvgIpc) is 2.63. The molecule has 1 N–H and O–H groups in total. The van der Waals surface area contributed by atoms with Crippen LogP contribution in [0, 0.1) is 0 Å². The van der Waals surface area contributed by atoms with Gasteiger partial charge in [0, 0.05) is 38.4 Å². The topological polar surface area (TPSA) is 48.5 Å². The molecule has 1 aliphatic rings. The highest BCUT2D eigenvalue weighted by Crippen LogP contribution is 2.11. The van der Waals surface area contributed by atoms with E-state index in [4.69, 9.17) is 0 Å². The van der Waals surface area contributed by atoms with Crippen molar-refractivity contribution in [3.05, 3.63) is 23.9 Å². The van der Waals surface area contributed by atoms with E-state index < -0.39 is 0 Å². The number of carbonyl (C=O) groups excluding carboxylic acids is 1. The molecule has 18 heavy (non-hydrogen) atoms. The van der Waals surface area contributed by atoms with Crippen LogP contribution in [0.15, 0.2) is 18.3 Å². The van der Waals surface area contributed by atoms with Crippen molar-refractivity contribution in [1.29, 1.82) is 0 Å². The van der Waals surface area contributed by atoms with E-state index in [-0.39, 0.29) is 5.91 Å². The summed E-state index contributed by atoms with van der Waals surface area (Å²) in [6.07, 6.45) is 2.70. The lowest BCUT2D eigenvalue weighted by molar-refractivity contribution is 0.0763. The van der Waals surface area contributed by atoms with Crippen LogP contribution in [0.3, 0.4) is 0 Å². The molecule has 5 heteroatoms. The quantitative estimate of drug-likeness (QED) is 0.845. The van der Waals surface area contributed by atoms with Crippen LogP contribution < -0.4 is 5.32 Å². The number of hydrogen-bond acceptors (Lipinski definition) is 4. The van der Waals surface area contributed by atoms with Crippen molar-refractivity contribution in [2.45, 2.75) is 6.42 Å². The van der Waals surface area contributed by atoms with Crippen LogP contribution in [0.25, 0.3) is 0 Å². The number of carbonyl (C=O) groups is 1. The highest BCUT2D eigenvalue weighted by molar-refractivity contribution is 5.94. The van der Waals surface area contributed by atoms with Gasteiger partial charge in [0.1, 0.15) is 5.82 Å². The molecular weight excluding hydrogens is 228 g/mol. The van der Waals surface area contributed by atoms with Gasteiger partial charge in [0.05, 0.1) is 0 Å². The first kappa shape index (κ1) is 12.8. The number of aromatic nitrogens is 1. The number of nitrogens with one attached hydrogen (secondary N) is 1. The molecule has 1 saturated heterocycles. The first-order valence-electron chi connectivity index (χ1n) is 6.32. The Bertz CT molecular complexity index is 421. The summed E-state index contributed by atoms with van der Waals surface area (Å²) in [6, 6.07) is 3.58. The van der Waals surface area contributed by atoms with E-state index in [1.807, 2.05) is 4.90 Å². The Morgan fingerprint density at radius 3 is 2.94 bits per heavy atom. The molecule has 0 atom stereocenters. The van der Waals surface area contributed by atoms with Gasteiger partial charge < -0.3 is 15.1 Å². The third kappa shape index (κ3) is 2.98. The van der Waals surface area contributed by atoms with E-state index in [1.54, 1.807) is 25.4 Å². The van der Waals surface area contributed by atoms with Gasteiger partial charge >= 0.3 is 0 Å². The lowest BCUT2D eigenvalue weighted by Gasteiger charge is -2.20. The molecule has 0 aromatic carbocycles. The number of anilines is 1. The predicted octanol–water partition coefficient (Wildman–Crippen LogP) is 0.901. The lowest BCUT2D eigenvalue weighted by Crippen LogP contribution is -2.34. The molecule has 1 fully saturated rings. The summed E-state index contributed by atoms with van der Waals surface area (Å²) in [6.45, 7) is 3.63. The Balaban J connectivity index is 2.09. The van der Waals surface area contributed by atoms with Crippen molar-refractivity contribution in [2.75, 3.05) is 45.6 Å². The largest absolute Gasteiger partial charge is 0.373 e. The Morgan fingerprint density at radius 1 is 1.33 bits per heavy atom. The number of nitrogens with zero attached hydrogens (tertiary/aromatic N) is 3. The molecule has 0 bridgehead atoms. The van der Waals surface area contributed by atoms with E-state index in [0.29, 0.717) is 5.56 Å². The fourth-order valence-corrected chi connectivity index (χ4v) is 2.13. The summed E-state index contributed by atoms with van der Waals surface area (Å²) in [5.41, 5.74) is 0.707. The highest BCUT2D eigenvalue weighted by Gasteiger charge is 2.19. The molecule has 1 amide bonds. The van der Waals surface area contributed by atoms with Crippen LogP contribution in [-0.2, 0) is 0 Å². The predicted molar refractivity (Wildman–Crippen MR) is 71.8 cm³/mol. The first-order valence-corrected chi connectivity index (χ1v) is 6.32. The fourth-order valence-electron chi connectivity index (χ4n) is 2.13. The number of hydrogen-bond donors (Lipinski definition) is 1. The van der Waals surface area contributed by atoms with E-state index >= 15 is 0 Å². The molecule has 0 saturated carbocycles. The second-order valence-corrected chi connectivity index (χ2v) is 4.63. The third-order valence-electron chi connectivity index (χ3n) is 3.27. The zero-order valence-electron chi connectivity index (χ0n) is 11.0. The van der Waals surface area contributed by atoms with Crippen LogP contribution in [0.1, 0.15) is 16.8 Å². The van der Waals surface area contributed by atoms with Gasteiger partial charge in [-0.1, -0.05) is 0 Å². The third-order valence-corrected chi connectivity index (χ3v) is 3.27. The maximum absolute atomic E-state index is 12.4. The van der Waals surface area contributed by atoms with Gasteiger partial charge in [-0.3, -0.25) is 4.79 Å². The standard InChI is InChI=1S/C13H20N4O/c1-14-12-10-11(4-5-15-12)13(18)17-7-3-6-16(2)8-9-17/h4-5,10H,3,6-9H2,1-2H3,(H,14,15). The van der Waals surface area contributed by atoms with E-state index in [2.05, 4.69) is 22.2 Å². The monoisotopic (exact) mass is 248 g/mol. The van der Waals surface area contributed by atoms with Gasteiger partial charge in [-0.2, -0.15) is 0 Å². The summed E-state index contributed by atoms with van der Waals surface area (Å²) >= 11 is 0. The Hall–Kier alpha value is -1.62. The summed E-state index contributed by atoms with van der Waals surface area (Å²) in [5.74, 6) is 0.831. The molecule has 1 aliphatic heterocycles. The van der Waals surface area contributed by atoms with Gasteiger partial charge in [-0.05, 0) is 32.1 Å². The van der Waals surface area contributed by atoms with Crippen LogP contribution in [0.4, 0.5) is 5.82 Å². The molecule has 2 heterocycles. The lowest BCUT2D eigenvalue weighted by atomic mass is 10.2. The molecular formula is C13H20N4O. The second-order valence-electron chi connectivity index (χ2n) is 4.63. The minimum Gasteiger partial charge on any atom is -0.373 e. The molecule has 2 rings (SSSR count). The van der Waals surface area contributed by atoms with Gasteiger partial charge in [0.2, 0.25) is 0 Å². The van der Waals surface area contributed by atoms with Crippen molar-refractivity contribution < 1.29 is 4.79 Å². The van der Waals surface area contributed by atoms with Crippen molar-refractivity contribution in [3.8, 4) is 0 Å². The van der Waals surface area contributed by atoms with E-state index in [9.17, 15) is 4.79 Å². The van der Waals surface area contributed by atoms with Gasteiger partial charge in [-0.25, -0.2) is 4.98 Å². The van der Waals surface area contributed by atoms with Gasteiger partial charge in [-0.15, -0.1) is 0 Å². The molecule has 0 radical (unpaired) electrons. The molecule has 0 unspecified atom stereocenters. The molecule has 0 aliphatic carbocycles. The van der Waals surface area contributed by atoms with Gasteiger partial charge in [0.15, 0.2) is 0 Å². The molecule has 98 valence electrons. The minimum atomic E-state index is 0.101. The maximum atomic E-state index is 12.4. The van der Waals surface area contributed by atoms with Crippen LogP contribution >= 0.6 is 0 Å². The average molecular weight is 248 g/mol. The Morgan fingerprint density at radius 2 is 2.17 bits per heavy atom. The van der Waals surface area contributed by atoms with Crippen molar-refractivity contribution >= 4 is 11.7 Å². The summed E-state index contributed by atoms with van der Waals surface area (Å²) in [4.78, 5) is 20.7. The van der Waals surface area contributed by atoms with Crippen molar-refractivity contribution in [1.82, 2.24) is 14.8 Å². The zero-order valence-corrected chi connectivity index (χ0v) is 11.0. The zero-order chi connectivity index (χ0) is 13.0. The minimum absolute atomic E-state index is 0.101. The Labute approximate surface area is 108 Å². The smallest absolute Gasteiger partial charge is 0.254 e. The van der Waals surface area contributed by atoms with Crippen LogP contribution in [0.2, 0.25) is 0 Å². The second kappa shape index (κ2) is 5.82. The Kier molecular flexibility index (Phi) is 4.15. The fraction of sp³-hybridized carbons (Fsp3) is 0.538. The van der Waals surface area contributed by atoms with Crippen molar-refractivity contribution in [2.24, 2.45) is 0 Å². The number of rotatable bonds is 2. The first-order chi connectivity index (χ1) is 8.70. The van der Waals surface area contributed by atoms with E-state index in [1.165, 1.54) is 0 Å². The van der Waals surface area contributed by atoms with Crippen LogP contribution in [-0.4, -0.2) is 61.0 Å². The highest BCUT2D eigenvalue weighted by atomic mass is 16.2. The normalized spacial score (nSPS) is 17.3. The molecule has 1 aromatic heterocycles. The maximum Gasteiger partial charge on any atom is 0.254 e. The summed E-state index contributed by atoms with van der Waals surface area (Å²) < 4.78 is 0. The summed E-state index contributed by atoms with van der Waals surface area (Å²) in [7, 11) is 3.90.